The quantitative estimate of drug-likeness (QED) is 0.697. The van der Waals surface area contributed by atoms with Crippen molar-refractivity contribution in [3.8, 4) is 0 Å². The first-order chi connectivity index (χ1) is 7.31. The first kappa shape index (κ1) is 9.45. The van der Waals surface area contributed by atoms with Crippen LogP contribution < -0.4 is 5.32 Å². The summed E-state index contributed by atoms with van der Waals surface area (Å²) in [5, 5.41) is 15.6. The van der Waals surface area contributed by atoms with Crippen molar-refractivity contribution in [3.63, 3.8) is 0 Å². The van der Waals surface area contributed by atoms with Crippen LogP contribution in [0.3, 0.4) is 0 Å². The fraction of sp³-hybridized carbons (Fsp3) is 0.222. The maximum Gasteiger partial charge on any atom is 0.259 e. The molecule has 2 aromatic heterocycles. The van der Waals surface area contributed by atoms with E-state index in [1.807, 2.05) is 6.92 Å². The number of hydrogen-bond donors (Lipinski definition) is 3. The van der Waals surface area contributed by atoms with E-state index in [0.29, 0.717) is 11.4 Å². The van der Waals surface area contributed by atoms with Gasteiger partial charge in [0.1, 0.15) is 5.82 Å². The SMILES string of the molecule is CCc1cn[nH]c1NC(=O)c1cn[nH]c1. The number of aryl methyl sites for hydroxylation is 1. The number of amides is 1. The third-order valence-electron chi connectivity index (χ3n) is 2.10. The van der Waals surface area contributed by atoms with Crippen molar-refractivity contribution in [1.29, 1.82) is 0 Å². The molecule has 0 unspecified atom stereocenters. The fourth-order valence-electron chi connectivity index (χ4n) is 1.25. The maximum atomic E-state index is 11.6. The van der Waals surface area contributed by atoms with Crippen molar-refractivity contribution in [3.05, 3.63) is 29.7 Å². The third kappa shape index (κ3) is 1.88. The van der Waals surface area contributed by atoms with E-state index in [-0.39, 0.29) is 5.91 Å². The summed E-state index contributed by atoms with van der Waals surface area (Å²) in [6.07, 6.45) is 5.52. The molecule has 0 saturated heterocycles. The van der Waals surface area contributed by atoms with E-state index >= 15 is 0 Å². The molecule has 2 rings (SSSR count). The lowest BCUT2D eigenvalue weighted by Gasteiger charge is -2.01. The van der Waals surface area contributed by atoms with Crippen LogP contribution in [0.5, 0.6) is 0 Å². The predicted octanol–water partition coefficient (Wildman–Crippen LogP) is 0.947. The van der Waals surface area contributed by atoms with Crippen LogP contribution in [-0.4, -0.2) is 26.3 Å². The first-order valence-corrected chi connectivity index (χ1v) is 4.63. The van der Waals surface area contributed by atoms with Gasteiger partial charge in [0, 0.05) is 11.8 Å². The number of anilines is 1. The Morgan fingerprint density at radius 3 is 3.00 bits per heavy atom. The van der Waals surface area contributed by atoms with Crippen LogP contribution >= 0.6 is 0 Å². The average Bonchev–Trinajstić information content (AvgIpc) is 2.87. The zero-order chi connectivity index (χ0) is 10.7. The number of nitrogens with zero attached hydrogens (tertiary/aromatic N) is 2. The Hall–Kier alpha value is -2.11. The zero-order valence-electron chi connectivity index (χ0n) is 8.24. The molecular weight excluding hydrogens is 194 g/mol. The topological polar surface area (TPSA) is 86.5 Å². The first-order valence-electron chi connectivity index (χ1n) is 4.63. The molecule has 0 aliphatic rings. The Morgan fingerprint density at radius 2 is 2.33 bits per heavy atom. The summed E-state index contributed by atoms with van der Waals surface area (Å²) in [6, 6.07) is 0. The Bertz CT molecular complexity index is 445. The summed E-state index contributed by atoms with van der Waals surface area (Å²) in [7, 11) is 0. The van der Waals surface area contributed by atoms with Gasteiger partial charge in [-0.25, -0.2) is 0 Å². The molecule has 2 heterocycles. The lowest BCUT2D eigenvalue weighted by Crippen LogP contribution is -2.12. The van der Waals surface area contributed by atoms with Gasteiger partial charge in [0.05, 0.1) is 18.0 Å². The van der Waals surface area contributed by atoms with Crippen LogP contribution in [0.25, 0.3) is 0 Å². The average molecular weight is 205 g/mol. The Balaban J connectivity index is 2.13. The van der Waals surface area contributed by atoms with Gasteiger partial charge in [-0.05, 0) is 6.42 Å². The minimum absolute atomic E-state index is 0.206. The predicted molar refractivity (Wildman–Crippen MR) is 54.5 cm³/mol. The van der Waals surface area contributed by atoms with Crippen molar-refractivity contribution in [2.24, 2.45) is 0 Å². The van der Waals surface area contributed by atoms with Gasteiger partial charge in [0.2, 0.25) is 0 Å². The molecule has 15 heavy (non-hydrogen) atoms. The maximum absolute atomic E-state index is 11.6. The fourth-order valence-corrected chi connectivity index (χ4v) is 1.25. The third-order valence-corrected chi connectivity index (χ3v) is 2.10. The second-order valence-corrected chi connectivity index (χ2v) is 3.06. The molecule has 78 valence electrons. The molecule has 2 aromatic rings. The summed E-state index contributed by atoms with van der Waals surface area (Å²) in [6.45, 7) is 2.00. The van der Waals surface area contributed by atoms with E-state index in [9.17, 15) is 4.79 Å². The summed E-state index contributed by atoms with van der Waals surface area (Å²) in [5.74, 6) is 0.436. The van der Waals surface area contributed by atoms with Crippen LogP contribution in [-0.2, 0) is 6.42 Å². The van der Waals surface area contributed by atoms with Crippen molar-refractivity contribution in [2.45, 2.75) is 13.3 Å². The van der Waals surface area contributed by atoms with Crippen LogP contribution in [0.1, 0.15) is 22.8 Å². The highest BCUT2D eigenvalue weighted by atomic mass is 16.1. The molecule has 0 bridgehead atoms. The van der Waals surface area contributed by atoms with Gasteiger partial charge in [-0.1, -0.05) is 6.92 Å². The van der Waals surface area contributed by atoms with Crippen LogP contribution in [0.2, 0.25) is 0 Å². The van der Waals surface area contributed by atoms with Crippen LogP contribution in [0.15, 0.2) is 18.6 Å². The molecule has 0 spiro atoms. The summed E-state index contributed by atoms with van der Waals surface area (Å²) in [5.41, 5.74) is 1.47. The van der Waals surface area contributed by atoms with Gasteiger partial charge in [0.25, 0.3) is 5.91 Å². The van der Waals surface area contributed by atoms with Gasteiger partial charge in [-0.3, -0.25) is 15.0 Å². The Morgan fingerprint density at radius 1 is 1.47 bits per heavy atom. The number of H-pyrrole nitrogens is 2. The molecule has 6 nitrogen and oxygen atoms in total. The Kier molecular flexibility index (Phi) is 2.49. The largest absolute Gasteiger partial charge is 0.307 e. The number of carbonyl (C=O) groups is 1. The molecule has 6 heteroatoms. The number of carbonyl (C=O) groups excluding carboxylic acids is 1. The van der Waals surface area contributed by atoms with Gasteiger partial charge in [-0.2, -0.15) is 10.2 Å². The minimum atomic E-state index is -0.206. The molecule has 0 atom stereocenters. The standard InChI is InChI=1S/C9H11N5O/c1-2-6-3-12-14-8(6)13-9(15)7-4-10-11-5-7/h3-5H,2H2,1H3,(H,10,11)(H2,12,13,14,15). The molecule has 0 radical (unpaired) electrons. The van der Waals surface area contributed by atoms with Crippen molar-refractivity contribution < 1.29 is 4.79 Å². The second kappa shape index (κ2) is 3.95. The van der Waals surface area contributed by atoms with E-state index in [2.05, 4.69) is 25.7 Å². The normalized spacial score (nSPS) is 10.2. The van der Waals surface area contributed by atoms with Gasteiger partial charge in [-0.15, -0.1) is 0 Å². The van der Waals surface area contributed by atoms with E-state index in [1.54, 1.807) is 6.20 Å². The van der Waals surface area contributed by atoms with E-state index in [1.165, 1.54) is 12.4 Å². The highest BCUT2D eigenvalue weighted by Crippen LogP contribution is 2.12. The molecule has 0 aliphatic carbocycles. The number of rotatable bonds is 3. The van der Waals surface area contributed by atoms with Gasteiger partial charge < -0.3 is 5.32 Å². The molecule has 0 aromatic carbocycles. The molecule has 0 saturated carbocycles. The van der Waals surface area contributed by atoms with Crippen LogP contribution in [0.4, 0.5) is 5.82 Å². The minimum Gasteiger partial charge on any atom is -0.307 e. The van der Waals surface area contributed by atoms with Crippen molar-refractivity contribution in [1.82, 2.24) is 20.4 Å². The Labute approximate surface area is 86.1 Å². The van der Waals surface area contributed by atoms with E-state index in [0.717, 1.165) is 12.0 Å². The van der Waals surface area contributed by atoms with E-state index < -0.39 is 0 Å². The van der Waals surface area contributed by atoms with Crippen LogP contribution in [0, 0.1) is 0 Å². The molecule has 1 amide bonds. The number of hydrogen-bond acceptors (Lipinski definition) is 3. The highest BCUT2D eigenvalue weighted by Gasteiger charge is 2.10. The van der Waals surface area contributed by atoms with Crippen molar-refractivity contribution in [2.75, 3.05) is 5.32 Å². The zero-order valence-corrected chi connectivity index (χ0v) is 8.24. The molecule has 3 N–H and O–H groups in total. The van der Waals surface area contributed by atoms with Crippen molar-refractivity contribution >= 4 is 11.7 Å². The molecule has 0 aliphatic heterocycles. The lowest BCUT2D eigenvalue weighted by atomic mass is 10.2. The smallest absolute Gasteiger partial charge is 0.259 e. The highest BCUT2D eigenvalue weighted by molar-refractivity contribution is 6.03. The van der Waals surface area contributed by atoms with Gasteiger partial charge in [0.15, 0.2) is 0 Å². The summed E-state index contributed by atoms with van der Waals surface area (Å²) >= 11 is 0. The van der Waals surface area contributed by atoms with E-state index in [4.69, 9.17) is 0 Å². The molecular formula is C9H11N5O. The number of aromatic nitrogens is 4. The monoisotopic (exact) mass is 205 g/mol. The number of nitrogens with one attached hydrogen (secondary N) is 3. The van der Waals surface area contributed by atoms with Gasteiger partial charge >= 0.3 is 0 Å². The summed E-state index contributed by atoms with van der Waals surface area (Å²) in [4.78, 5) is 11.6. The second-order valence-electron chi connectivity index (χ2n) is 3.06. The lowest BCUT2D eigenvalue weighted by molar-refractivity contribution is 0.102. The number of aromatic amines is 2. The molecule has 0 fully saturated rings. The summed E-state index contributed by atoms with van der Waals surface area (Å²) < 4.78 is 0.